The average Bonchev–Trinajstić information content (AvgIpc) is 2.80. The number of ether oxygens (including phenoxy) is 2. The molecule has 2 aliphatic heterocycles. The summed E-state index contributed by atoms with van der Waals surface area (Å²) in [5, 5.41) is 0.666. The molecule has 0 N–H and O–H groups in total. The number of hydrogen-bond acceptors (Lipinski definition) is 5. The maximum atomic E-state index is 13.2. The van der Waals surface area contributed by atoms with Crippen LogP contribution in [0.2, 0.25) is 5.02 Å². The smallest absolute Gasteiger partial charge is 0.225 e. The minimum absolute atomic E-state index is 0.156. The molecule has 2 aliphatic rings. The van der Waals surface area contributed by atoms with Gasteiger partial charge in [-0.2, -0.15) is 0 Å². The van der Waals surface area contributed by atoms with E-state index in [1.54, 1.807) is 12.1 Å². The second kappa shape index (κ2) is 10.6. The molecule has 4 rings (SSSR count). The Morgan fingerprint density at radius 2 is 1.94 bits per heavy atom. The second-order valence-electron chi connectivity index (χ2n) is 8.97. The quantitative estimate of drug-likeness (QED) is 0.626. The van der Waals surface area contributed by atoms with Crippen molar-refractivity contribution in [3.8, 4) is 5.75 Å². The van der Waals surface area contributed by atoms with Crippen LogP contribution in [0.25, 0.3) is 0 Å². The number of hydrogen-bond donors (Lipinski definition) is 0. The maximum Gasteiger partial charge on any atom is 0.225 e. The summed E-state index contributed by atoms with van der Waals surface area (Å²) in [5.74, 6) is 0.881. The predicted molar refractivity (Wildman–Crippen MR) is 125 cm³/mol. The predicted octanol–water partition coefficient (Wildman–Crippen LogP) is 4.10. The molecular formula is C25H32ClN3O3. The van der Waals surface area contributed by atoms with Crippen molar-refractivity contribution in [1.82, 2.24) is 14.8 Å². The highest BCUT2D eigenvalue weighted by atomic mass is 35.5. The molecule has 6 nitrogen and oxygen atoms in total. The monoisotopic (exact) mass is 457 g/mol. The van der Waals surface area contributed by atoms with E-state index in [1.165, 1.54) is 12.0 Å². The zero-order chi connectivity index (χ0) is 22.4. The van der Waals surface area contributed by atoms with Crippen LogP contribution in [0.4, 0.5) is 0 Å². The number of benzene rings is 1. The summed E-state index contributed by atoms with van der Waals surface area (Å²) >= 11 is 6.01. The van der Waals surface area contributed by atoms with Crippen LogP contribution in [0.3, 0.4) is 0 Å². The lowest BCUT2D eigenvalue weighted by Gasteiger charge is -2.43. The Bertz CT molecular complexity index is 902. The van der Waals surface area contributed by atoms with Crippen LogP contribution in [0, 0.1) is 6.92 Å². The molecule has 1 aromatic heterocycles. The standard InChI is InChI=1S/C25H32ClN3O3/c1-20-13-21(16-27-15-20)17-28-11-12-32-25(18-28,14-24(30)29-9-3-2-4-10-29)19-31-23-7-5-22(26)6-8-23/h5-8,13,15-16H,2-4,9-12,14,17-19H2,1H3/t25-/m1/s1. The molecule has 0 aliphatic carbocycles. The van der Waals surface area contributed by atoms with Crippen LogP contribution < -0.4 is 4.74 Å². The van der Waals surface area contributed by atoms with E-state index in [-0.39, 0.29) is 5.91 Å². The summed E-state index contributed by atoms with van der Waals surface area (Å²) in [6, 6.07) is 9.47. The van der Waals surface area contributed by atoms with Gasteiger partial charge in [0.25, 0.3) is 0 Å². The van der Waals surface area contributed by atoms with Crippen molar-refractivity contribution in [2.24, 2.45) is 0 Å². The number of nitrogens with zero attached hydrogens (tertiary/aromatic N) is 3. The van der Waals surface area contributed by atoms with Gasteiger partial charge in [-0.3, -0.25) is 14.7 Å². The summed E-state index contributed by atoms with van der Waals surface area (Å²) < 4.78 is 12.4. The molecule has 1 amide bonds. The van der Waals surface area contributed by atoms with Crippen molar-refractivity contribution in [3.05, 3.63) is 58.9 Å². The van der Waals surface area contributed by atoms with Crippen molar-refractivity contribution >= 4 is 17.5 Å². The fourth-order valence-corrected chi connectivity index (χ4v) is 4.67. The molecule has 2 aromatic rings. The first-order chi connectivity index (χ1) is 15.5. The first-order valence-corrected chi connectivity index (χ1v) is 11.8. The van der Waals surface area contributed by atoms with E-state index in [4.69, 9.17) is 21.1 Å². The highest BCUT2D eigenvalue weighted by Crippen LogP contribution is 2.27. The molecule has 32 heavy (non-hydrogen) atoms. The van der Waals surface area contributed by atoms with Crippen LogP contribution in [0.5, 0.6) is 5.75 Å². The first kappa shape index (κ1) is 23.0. The number of piperidine rings is 1. The minimum Gasteiger partial charge on any atom is -0.491 e. The highest BCUT2D eigenvalue weighted by molar-refractivity contribution is 6.30. The van der Waals surface area contributed by atoms with Crippen LogP contribution in [0.15, 0.2) is 42.7 Å². The number of morpholine rings is 1. The number of pyridine rings is 1. The van der Waals surface area contributed by atoms with Gasteiger partial charge in [-0.05, 0) is 61.6 Å². The Hall–Kier alpha value is -2.15. The maximum absolute atomic E-state index is 13.2. The molecule has 2 fully saturated rings. The van der Waals surface area contributed by atoms with Gasteiger partial charge in [0, 0.05) is 50.1 Å². The molecule has 0 radical (unpaired) electrons. The molecule has 7 heteroatoms. The van der Waals surface area contributed by atoms with Crippen molar-refractivity contribution < 1.29 is 14.3 Å². The zero-order valence-corrected chi connectivity index (χ0v) is 19.5. The number of amides is 1. The number of aromatic nitrogens is 1. The van der Waals surface area contributed by atoms with E-state index in [1.807, 2.05) is 29.4 Å². The minimum atomic E-state index is -0.691. The van der Waals surface area contributed by atoms with E-state index >= 15 is 0 Å². The number of rotatable bonds is 7. The largest absolute Gasteiger partial charge is 0.491 e. The van der Waals surface area contributed by atoms with Crippen molar-refractivity contribution in [2.45, 2.75) is 44.8 Å². The van der Waals surface area contributed by atoms with Crippen LogP contribution in [-0.4, -0.2) is 65.7 Å². The van der Waals surface area contributed by atoms with Crippen LogP contribution >= 0.6 is 11.6 Å². The number of halogens is 1. The number of likely N-dealkylation sites (tertiary alicyclic amines) is 1. The highest BCUT2D eigenvalue weighted by Gasteiger charge is 2.41. The molecule has 1 atom stereocenters. The lowest BCUT2D eigenvalue weighted by molar-refractivity contribution is -0.157. The van der Waals surface area contributed by atoms with Gasteiger partial charge in [-0.25, -0.2) is 0 Å². The molecule has 172 valence electrons. The van der Waals surface area contributed by atoms with Crippen molar-refractivity contribution in [2.75, 3.05) is 39.4 Å². The zero-order valence-electron chi connectivity index (χ0n) is 18.8. The summed E-state index contributed by atoms with van der Waals surface area (Å²) in [6.07, 6.45) is 7.45. The second-order valence-corrected chi connectivity index (χ2v) is 9.41. The van der Waals surface area contributed by atoms with Gasteiger partial charge in [0.2, 0.25) is 5.91 Å². The molecule has 0 spiro atoms. The molecular weight excluding hydrogens is 426 g/mol. The van der Waals surface area contributed by atoms with E-state index in [9.17, 15) is 4.79 Å². The molecule has 0 unspecified atom stereocenters. The number of carbonyl (C=O) groups is 1. The fraction of sp³-hybridized carbons (Fsp3) is 0.520. The summed E-state index contributed by atoms with van der Waals surface area (Å²) in [7, 11) is 0. The van der Waals surface area contributed by atoms with Gasteiger partial charge >= 0.3 is 0 Å². The Labute approximate surface area is 195 Å². The Morgan fingerprint density at radius 3 is 2.69 bits per heavy atom. The molecule has 1 aromatic carbocycles. The average molecular weight is 458 g/mol. The lowest BCUT2D eigenvalue weighted by atomic mass is 9.96. The lowest BCUT2D eigenvalue weighted by Crippen LogP contribution is -2.57. The van der Waals surface area contributed by atoms with Gasteiger partial charge in [0.1, 0.15) is 18.0 Å². The van der Waals surface area contributed by atoms with Gasteiger partial charge in [-0.1, -0.05) is 17.7 Å². The molecule has 0 bridgehead atoms. The summed E-state index contributed by atoms with van der Waals surface area (Å²) in [6.45, 7) is 6.84. The Balaban J connectivity index is 1.48. The van der Waals surface area contributed by atoms with E-state index < -0.39 is 5.60 Å². The third-order valence-corrected chi connectivity index (χ3v) is 6.41. The third kappa shape index (κ3) is 6.21. The van der Waals surface area contributed by atoms with E-state index in [0.29, 0.717) is 31.2 Å². The van der Waals surface area contributed by atoms with Crippen LogP contribution in [-0.2, 0) is 16.1 Å². The fourth-order valence-electron chi connectivity index (χ4n) is 4.54. The van der Waals surface area contributed by atoms with E-state index in [0.717, 1.165) is 50.3 Å². The Morgan fingerprint density at radius 1 is 1.16 bits per heavy atom. The van der Waals surface area contributed by atoms with Crippen molar-refractivity contribution in [3.63, 3.8) is 0 Å². The third-order valence-electron chi connectivity index (χ3n) is 6.16. The normalized spacial score (nSPS) is 22.0. The van der Waals surface area contributed by atoms with Crippen LogP contribution in [0.1, 0.15) is 36.8 Å². The Kier molecular flexibility index (Phi) is 7.66. The van der Waals surface area contributed by atoms with Gasteiger partial charge in [0.05, 0.1) is 13.0 Å². The van der Waals surface area contributed by atoms with Gasteiger partial charge in [-0.15, -0.1) is 0 Å². The number of aryl methyl sites for hydroxylation is 1. The number of carbonyl (C=O) groups excluding carboxylic acids is 1. The van der Waals surface area contributed by atoms with Gasteiger partial charge in [0.15, 0.2) is 0 Å². The summed E-state index contributed by atoms with van der Waals surface area (Å²) in [5.41, 5.74) is 1.62. The topological polar surface area (TPSA) is 54.9 Å². The van der Waals surface area contributed by atoms with Gasteiger partial charge < -0.3 is 14.4 Å². The molecule has 0 saturated carbocycles. The van der Waals surface area contributed by atoms with E-state index in [2.05, 4.69) is 22.9 Å². The molecule has 3 heterocycles. The summed E-state index contributed by atoms with van der Waals surface area (Å²) in [4.78, 5) is 21.8. The SMILES string of the molecule is Cc1cncc(CN2CCO[C@](COc3ccc(Cl)cc3)(CC(=O)N3CCCCC3)C2)c1. The molecule has 2 saturated heterocycles. The van der Waals surface area contributed by atoms with Crippen molar-refractivity contribution in [1.29, 1.82) is 0 Å². The first-order valence-electron chi connectivity index (χ1n) is 11.4.